The summed E-state index contributed by atoms with van der Waals surface area (Å²) in [6.45, 7) is 5.87. The Morgan fingerprint density at radius 2 is 2.00 bits per heavy atom. The molecule has 5 nitrogen and oxygen atoms in total. The molecule has 0 bridgehead atoms. The van der Waals surface area contributed by atoms with E-state index in [1.807, 2.05) is 24.0 Å². The summed E-state index contributed by atoms with van der Waals surface area (Å²) >= 11 is 1.72. The van der Waals surface area contributed by atoms with Crippen LogP contribution in [0.5, 0.6) is 0 Å². The number of piperidine rings is 1. The number of carbonyl (C=O) groups is 1. The lowest BCUT2D eigenvalue weighted by molar-refractivity contribution is -0.132. The first kappa shape index (κ1) is 16.7. The zero-order chi connectivity index (χ0) is 17.3. The molecule has 4 heterocycles. The van der Waals surface area contributed by atoms with Crippen molar-refractivity contribution in [3.8, 4) is 0 Å². The van der Waals surface area contributed by atoms with Gasteiger partial charge in [0.25, 0.3) is 0 Å². The number of thiazole rings is 1. The molecule has 1 atom stereocenters. The van der Waals surface area contributed by atoms with Crippen molar-refractivity contribution in [1.82, 2.24) is 19.8 Å². The average Bonchev–Trinajstić information content (AvgIpc) is 3.24. The molecule has 6 heteroatoms. The summed E-state index contributed by atoms with van der Waals surface area (Å²) in [7, 11) is 0. The molecule has 0 unspecified atom stereocenters. The Morgan fingerprint density at radius 1 is 1.24 bits per heavy atom. The van der Waals surface area contributed by atoms with Crippen LogP contribution in [0, 0.1) is 0 Å². The summed E-state index contributed by atoms with van der Waals surface area (Å²) in [6.07, 6.45) is 8.26. The van der Waals surface area contributed by atoms with Crippen molar-refractivity contribution in [1.29, 1.82) is 0 Å². The third-order valence-corrected chi connectivity index (χ3v) is 6.62. The van der Waals surface area contributed by atoms with Crippen LogP contribution in [0.15, 0.2) is 36.1 Å². The van der Waals surface area contributed by atoms with Crippen LogP contribution in [0.3, 0.4) is 0 Å². The van der Waals surface area contributed by atoms with E-state index in [0.717, 1.165) is 39.0 Å². The number of carbonyl (C=O) groups excluding carboxylic acids is 1. The van der Waals surface area contributed by atoms with E-state index in [4.69, 9.17) is 0 Å². The number of amides is 1. The van der Waals surface area contributed by atoms with Crippen LogP contribution in [0.4, 0.5) is 0 Å². The predicted molar refractivity (Wildman–Crippen MR) is 98.3 cm³/mol. The minimum absolute atomic E-state index is 0.0352. The van der Waals surface area contributed by atoms with E-state index in [9.17, 15) is 4.79 Å². The molecule has 25 heavy (non-hydrogen) atoms. The predicted octanol–water partition coefficient (Wildman–Crippen LogP) is 2.91. The summed E-state index contributed by atoms with van der Waals surface area (Å²) < 4.78 is 0. The number of likely N-dealkylation sites (N-methyl/N-ethyl adjacent to an activating group) is 1. The normalized spacial score (nSPS) is 23.5. The van der Waals surface area contributed by atoms with Gasteiger partial charge in [-0.2, -0.15) is 0 Å². The number of hydrogen-bond acceptors (Lipinski definition) is 5. The van der Waals surface area contributed by atoms with Gasteiger partial charge in [0.1, 0.15) is 5.01 Å². The Labute approximate surface area is 152 Å². The third-order valence-electron chi connectivity index (χ3n) is 5.85. The zero-order valence-electron chi connectivity index (χ0n) is 14.6. The first-order chi connectivity index (χ1) is 12.2. The van der Waals surface area contributed by atoms with Gasteiger partial charge in [-0.3, -0.25) is 14.7 Å². The topological polar surface area (TPSA) is 49.3 Å². The van der Waals surface area contributed by atoms with Gasteiger partial charge in [0.2, 0.25) is 5.91 Å². The molecule has 0 aliphatic carbocycles. The highest BCUT2D eigenvalue weighted by Gasteiger charge is 2.53. The monoisotopic (exact) mass is 356 g/mol. The van der Waals surface area contributed by atoms with Gasteiger partial charge in [-0.15, -0.1) is 11.3 Å². The fourth-order valence-corrected chi connectivity index (χ4v) is 5.32. The van der Waals surface area contributed by atoms with Gasteiger partial charge in [0.15, 0.2) is 0 Å². The Hall–Kier alpha value is -1.79. The highest BCUT2D eigenvalue weighted by molar-refractivity contribution is 7.09. The summed E-state index contributed by atoms with van der Waals surface area (Å²) in [5.74, 6) is 0.586. The zero-order valence-corrected chi connectivity index (χ0v) is 15.4. The van der Waals surface area contributed by atoms with Gasteiger partial charge in [0.05, 0.1) is 12.1 Å². The van der Waals surface area contributed by atoms with Gasteiger partial charge in [-0.25, -0.2) is 4.98 Å². The van der Waals surface area contributed by atoms with Crippen LogP contribution < -0.4 is 0 Å². The first-order valence-electron chi connectivity index (χ1n) is 9.04. The number of hydrogen-bond donors (Lipinski definition) is 0. The fourth-order valence-electron chi connectivity index (χ4n) is 4.67. The van der Waals surface area contributed by atoms with Gasteiger partial charge < -0.3 is 4.90 Å². The molecule has 4 rings (SSSR count). The first-order valence-corrected chi connectivity index (χ1v) is 9.92. The molecule has 2 aromatic rings. The van der Waals surface area contributed by atoms with E-state index in [-0.39, 0.29) is 11.5 Å². The van der Waals surface area contributed by atoms with Crippen LogP contribution in [0.1, 0.15) is 42.7 Å². The number of aromatic nitrogens is 2. The maximum atomic E-state index is 12.7. The molecule has 0 aromatic carbocycles. The standard InChI is InChI=1S/C19H24N4OS/c1-2-23-18(24)13-16(15-3-7-20-8-4-15)19(23)5-10-22(11-6-19)14-17-21-9-12-25-17/h3-4,7-9,12,16H,2,5-6,10-11,13-14H2,1H3/t16-/m1/s1. The molecular weight excluding hydrogens is 332 g/mol. The van der Waals surface area contributed by atoms with E-state index in [1.54, 1.807) is 11.3 Å². The highest BCUT2D eigenvalue weighted by Crippen LogP contribution is 2.48. The fraction of sp³-hybridized carbons (Fsp3) is 0.526. The van der Waals surface area contributed by atoms with Crippen molar-refractivity contribution < 1.29 is 4.79 Å². The molecule has 2 aromatic heterocycles. The van der Waals surface area contributed by atoms with Crippen molar-refractivity contribution in [3.05, 3.63) is 46.7 Å². The molecule has 2 aliphatic heterocycles. The Bertz CT molecular complexity index is 710. The lowest BCUT2D eigenvalue weighted by Crippen LogP contribution is -2.55. The number of rotatable bonds is 4. The van der Waals surface area contributed by atoms with E-state index in [0.29, 0.717) is 12.3 Å². The minimum Gasteiger partial charge on any atom is -0.337 e. The molecule has 1 spiro atoms. The van der Waals surface area contributed by atoms with E-state index < -0.39 is 0 Å². The molecule has 0 radical (unpaired) electrons. The van der Waals surface area contributed by atoms with Crippen molar-refractivity contribution in [2.75, 3.05) is 19.6 Å². The molecule has 1 amide bonds. The lowest BCUT2D eigenvalue weighted by Gasteiger charge is -2.47. The summed E-state index contributed by atoms with van der Waals surface area (Å²) in [4.78, 5) is 25.9. The SMILES string of the molecule is CCN1C(=O)C[C@H](c2ccncc2)C12CCN(Cc1nccs1)CC2. The number of nitrogens with zero attached hydrogens (tertiary/aromatic N) is 4. The molecule has 0 saturated carbocycles. The average molecular weight is 356 g/mol. The summed E-state index contributed by atoms with van der Waals surface area (Å²) in [6, 6.07) is 4.17. The smallest absolute Gasteiger partial charge is 0.223 e. The van der Waals surface area contributed by atoms with Gasteiger partial charge in [-0.1, -0.05) is 0 Å². The maximum absolute atomic E-state index is 12.7. The highest BCUT2D eigenvalue weighted by atomic mass is 32.1. The Kier molecular flexibility index (Phi) is 4.56. The Balaban J connectivity index is 1.56. The van der Waals surface area contributed by atoms with Gasteiger partial charge >= 0.3 is 0 Å². The lowest BCUT2D eigenvalue weighted by atomic mass is 9.74. The summed E-state index contributed by atoms with van der Waals surface area (Å²) in [5.41, 5.74) is 1.22. The maximum Gasteiger partial charge on any atom is 0.223 e. The second-order valence-corrected chi connectivity index (χ2v) is 7.96. The largest absolute Gasteiger partial charge is 0.337 e. The second kappa shape index (κ2) is 6.84. The van der Waals surface area contributed by atoms with Crippen molar-refractivity contribution in [3.63, 3.8) is 0 Å². The van der Waals surface area contributed by atoms with Crippen LogP contribution in [-0.2, 0) is 11.3 Å². The van der Waals surface area contributed by atoms with Crippen LogP contribution in [-0.4, -0.2) is 50.8 Å². The molecule has 2 aliphatic rings. The third kappa shape index (κ3) is 2.98. The van der Waals surface area contributed by atoms with Crippen LogP contribution in [0.25, 0.3) is 0 Å². The quantitative estimate of drug-likeness (QED) is 0.845. The molecule has 132 valence electrons. The molecule has 0 N–H and O–H groups in total. The molecule has 2 fully saturated rings. The number of pyridine rings is 1. The van der Waals surface area contributed by atoms with E-state index in [1.165, 1.54) is 10.6 Å². The molecular formula is C19H24N4OS. The van der Waals surface area contributed by atoms with Crippen LogP contribution in [0.2, 0.25) is 0 Å². The van der Waals surface area contributed by atoms with Crippen molar-refractivity contribution in [2.24, 2.45) is 0 Å². The molecule has 2 saturated heterocycles. The van der Waals surface area contributed by atoms with Gasteiger partial charge in [-0.05, 0) is 37.5 Å². The van der Waals surface area contributed by atoms with Gasteiger partial charge in [0, 0.05) is 55.9 Å². The van der Waals surface area contributed by atoms with Crippen molar-refractivity contribution >= 4 is 17.2 Å². The summed E-state index contributed by atoms with van der Waals surface area (Å²) in [5, 5.41) is 3.21. The van der Waals surface area contributed by atoms with Crippen LogP contribution >= 0.6 is 11.3 Å². The van der Waals surface area contributed by atoms with E-state index >= 15 is 0 Å². The number of likely N-dealkylation sites (tertiary alicyclic amines) is 2. The minimum atomic E-state index is -0.0352. The van der Waals surface area contributed by atoms with Crippen molar-refractivity contribution in [2.45, 2.75) is 44.2 Å². The Morgan fingerprint density at radius 3 is 2.64 bits per heavy atom. The van der Waals surface area contributed by atoms with E-state index in [2.05, 4.69) is 38.8 Å². The second-order valence-electron chi connectivity index (χ2n) is 6.98.